The summed E-state index contributed by atoms with van der Waals surface area (Å²) < 4.78 is 0. The second-order valence-corrected chi connectivity index (χ2v) is 5.75. The molecule has 1 fully saturated rings. The van der Waals surface area contributed by atoms with Gasteiger partial charge >= 0.3 is 0 Å². The lowest BCUT2D eigenvalue weighted by atomic mass is 9.80. The first-order chi connectivity index (χ1) is 8.65. The minimum Gasteiger partial charge on any atom is -0.396 e. The zero-order valence-electron chi connectivity index (χ0n) is 11.8. The SMILES string of the molecule is CC(C)(CO)[C@@H](c1ccccc1)N1CCNCC1.Cl. The van der Waals surface area contributed by atoms with Crippen LogP contribution in [-0.2, 0) is 0 Å². The highest BCUT2D eigenvalue weighted by atomic mass is 35.5. The van der Waals surface area contributed by atoms with Gasteiger partial charge in [0.15, 0.2) is 0 Å². The van der Waals surface area contributed by atoms with E-state index in [9.17, 15) is 5.11 Å². The molecule has 0 amide bonds. The lowest BCUT2D eigenvalue weighted by Crippen LogP contribution is -2.49. The van der Waals surface area contributed by atoms with Gasteiger partial charge in [-0.1, -0.05) is 44.2 Å². The summed E-state index contributed by atoms with van der Waals surface area (Å²) in [7, 11) is 0. The molecular formula is C15H25ClN2O. The third-order valence-electron chi connectivity index (χ3n) is 3.78. The van der Waals surface area contributed by atoms with Gasteiger partial charge in [0.25, 0.3) is 0 Å². The predicted molar refractivity (Wildman–Crippen MR) is 81.7 cm³/mol. The van der Waals surface area contributed by atoms with Crippen LogP contribution in [0.5, 0.6) is 0 Å². The van der Waals surface area contributed by atoms with Crippen LogP contribution in [0.4, 0.5) is 0 Å². The summed E-state index contributed by atoms with van der Waals surface area (Å²) in [5.41, 5.74) is 1.18. The first-order valence-electron chi connectivity index (χ1n) is 6.76. The van der Waals surface area contributed by atoms with Gasteiger partial charge in [-0.2, -0.15) is 0 Å². The molecule has 4 heteroatoms. The standard InChI is InChI=1S/C15H24N2O.ClH/c1-15(2,12-18)14(13-6-4-3-5-7-13)17-10-8-16-9-11-17;/h3-7,14,16,18H,8-12H2,1-2H3;1H/t14-;/m1./s1. The van der Waals surface area contributed by atoms with Crippen molar-refractivity contribution in [3.8, 4) is 0 Å². The van der Waals surface area contributed by atoms with Crippen molar-refractivity contribution in [1.82, 2.24) is 10.2 Å². The first kappa shape index (κ1) is 16.4. The second-order valence-electron chi connectivity index (χ2n) is 5.75. The van der Waals surface area contributed by atoms with E-state index in [2.05, 4.69) is 48.3 Å². The van der Waals surface area contributed by atoms with Gasteiger partial charge in [-0.05, 0) is 5.56 Å². The summed E-state index contributed by atoms with van der Waals surface area (Å²) in [6.07, 6.45) is 0. The van der Waals surface area contributed by atoms with Crippen LogP contribution in [0.3, 0.4) is 0 Å². The molecule has 1 aliphatic rings. The Balaban J connectivity index is 0.00000180. The fourth-order valence-corrected chi connectivity index (χ4v) is 2.82. The van der Waals surface area contributed by atoms with Crippen LogP contribution >= 0.6 is 12.4 Å². The zero-order chi connectivity index (χ0) is 13.0. The Kier molecular flexibility index (Phi) is 6.27. The predicted octanol–water partition coefficient (Wildman–Crippen LogP) is 2.07. The molecule has 0 saturated carbocycles. The molecule has 0 radical (unpaired) electrons. The van der Waals surface area contributed by atoms with Crippen molar-refractivity contribution in [1.29, 1.82) is 0 Å². The zero-order valence-corrected chi connectivity index (χ0v) is 12.6. The largest absolute Gasteiger partial charge is 0.396 e. The Morgan fingerprint density at radius 3 is 2.32 bits per heavy atom. The van der Waals surface area contributed by atoms with Crippen molar-refractivity contribution >= 4 is 12.4 Å². The Morgan fingerprint density at radius 2 is 1.79 bits per heavy atom. The highest BCUT2D eigenvalue weighted by molar-refractivity contribution is 5.85. The molecule has 2 rings (SSSR count). The molecule has 0 unspecified atom stereocenters. The Morgan fingerprint density at radius 1 is 1.21 bits per heavy atom. The van der Waals surface area contributed by atoms with Gasteiger partial charge < -0.3 is 10.4 Å². The van der Waals surface area contributed by atoms with Gasteiger partial charge in [-0.25, -0.2) is 0 Å². The molecule has 0 bridgehead atoms. The lowest BCUT2D eigenvalue weighted by molar-refractivity contribution is 0.0305. The molecule has 108 valence electrons. The highest BCUT2D eigenvalue weighted by Crippen LogP contribution is 2.37. The van der Waals surface area contributed by atoms with Crippen LogP contribution < -0.4 is 5.32 Å². The van der Waals surface area contributed by atoms with E-state index in [0.29, 0.717) is 0 Å². The topological polar surface area (TPSA) is 35.5 Å². The van der Waals surface area contributed by atoms with Gasteiger partial charge in [-0.3, -0.25) is 4.90 Å². The molecule has 0 aliphatic carbocycles. The van der Waals surface area contributed by atoms with Crippen molar-refractivity contribution in [3.63, 3.8) is 0 Å². The molecule has 0 aromatic heterocycles. The number of halogens is 1. The van der Waals surface area contributed by atoms with E-state index in [1.165, 1.54) is 5.56 Å². The van der Waals surface area contributed by atoms with Crippen LogP contribution in [0.2, 0.25) is 0 Å². The monoisotopic (exact) mass is 284 g/mol. The number of aliphatic hydroxyl groups is 1. The number of nitrogens with one attached hydrogen (secondary N) is 1. The molecule has 2 N–H and O–H groups in total. The van der Waals surface area contributed by atoms with E-state index in [-0.39, 0.29) is 30.5 Å². The summed E-state index contributed by atoms with van der Waals surface area (Å²) in [5.74, 6) is 0. The van der Waals surface area contributed by atoms with Crippen LogP contribution in [-0.4, -0.2) is 42.8 Å². The number of benzene rings is 1. The number of hydrogen-bond donors (Lipinski definition) is 2. The summed E-state index contributed by atoms with van der Waals surface area (Å²) in [6, 6.07) is 10.8. The average molecular weight is 285 g/mol. The van der Waals surface area contributed by atoms with Crippen molar-refractivity contribution in [3.05, 3.63) is 35.9 Å². The summed E-state index contributed by atoms with van der Waals surface area (Å²) in [4.78, 5) is 2.49. The minimum atomic E-state index is -0.126. The van der Waals surface area contributed by atoms with E-state index < -0.39 is 0 Å². The summed E-state index contributed by atoms with van der Waals surface area (Å²) >= 11 is 0. The molecule has 3 nitrogen and oxygen atoms in total. The maximum atomic E-state index is 9.71. The van der Waals surface area contributed by atoms with Crippen LogP contribution in [0.1, 0.15) is 25.5 Å². The fourth-order valence-electron chi connectivity index (χ4n) is 2.82. The Labute approximate surface area is 122 Å². The van der Waals surface area contributed by atoms with Gasteiger partial charge in [-0.15, -0.1) is 12.4 Å². The van der Waals surface area contributed by atoms with Crippen LogP contribution in [0.15, 0.2) is 30.3 Å². The van der Waals surface area contributed by atoms with E-state index in [4.69, 9.17) is 0 Å². The Hall–Kier alpha value is -0.610. The van der Waals surface area contributed by atoms with Gasteiger partial charge in [0.1, 0.15) is 0 Å². The van der Waals surface area contributed by atoms with Gasteiger partial charge in [0, 0.05) is 44.2 Å². The molecule has 1 atom stereocenters. The van der Waals surface area contributed by atoms with Crippen LogP contribution in [0.25, 0.3) is 0 Å². The first-order valence-corrected chi connectivity index (χ1v) is 6.76. The van der Waals surface area contributed by atoms with Crippen LogP contribution in [0, 0.1) is 5.41 Å². The lowest BCUT2D eigenvalue weighted by Gasteiger charge is -2.43. The molecule has 19 heavy (non-hydrogen) atoms. The molecular weight excluding hydrogens is 260 g/mol. The Bertz CT molecular complexity index is 364. The third kappa shape index (κ3) is 3.93. The number of hydrogen-bond acceptors (Lipinski definition) is 3. The average Bonchev–Trinajstić information content (AvgIpc) is 2.41. The van der Waals surface area contributed by atoms with Gasteiger partial charge in [0.05, 0.1) is 0 Å². The number of rotatable bonds is 4. The van der Waals surface area contributed by atoms with E-state index in [0.717, 1.165) is 26.2 Å². The molecule has 1 aromatic rings. The van der Waals surface area contributed by atoms with Gasteiger partial charge in [0.2, 0.25) is 0 Å². The normalized spacial score (nSPS) is 18.7. The number of aliphatic hydroxyl groups excluding tert-OH is 1. The summed E-state index contributed by atoms with van der Waals surface area (Å²) in [6.45, 7) is 8.65. The van der Waals surface area contributed by atoms with E-state index in [1.807, 2.05) is 6.07 Å². The quantitative estimate of drug-likeness (QED) is 0.889. The number of nitrogens with zero attached hydrogens (tertiary/aromatic N) is 1. The van der Waals surface area contributed by atoms with Crippen molar-refractivity contribution in [2.45, 2.75) is 19.9 Å². The van der Waals surface area contributed by atoms with E-state index in [1.54, 1.807) is 0 Å². The van der Waals surface area contributed by atoms with Crippen molar-refractivity contribution < 1.29 is 5.11 Å². The molecule has 1 aliphatic heterocycles. The fraction of sp³-hybridized carbons (Fsp3) is 0.600. The summed E-state index contributed by atoms with van der Waals surface area (Å²) in [5, 5.41) is 13.1. The van der Waals surface area contributed by atoms with Crippen molar-refractivity contribution in [2.24, 2.45) is 5.41 Å². The number of piperazine rings is 1. The smallest absolute Gasteiger partial charge is 0.0500 e. The molecule has 1 heterocycles. The highest BCUT2D eigenvalue weighted by Gasteiger charge is 2.35. The van der Waals surface area contributed by atoms with E-state index >= 15 is 0 Å². The maximum absolute atomic E-state index is 9.71. The minimum absolute atomic E-state index is 0. The van der Waals surface area contributed by atoms with Crippen molar-refractivity contribution in [2.75, 3.05) is 32.8 Å². The third-order valence-corrected chi connectivity index (χ3v) is 3.78. The molecule has 0 spiro atoms. The second kappa shape index (κ2) is 7.25. The maximum Gasteiger partial charge on any atom is 0.0500 e. The molecule has 1 aromatic carbocycles. The molecule has 1 saturated heterocycles.